The van der Waals surface area contributed by atoms with Crippen LogP contribution in [0.5, 0.6) is 0 Å². The van der Waals surface area contributed by atoms with Crippen molar-refractivity contribution in [1.29, 1.82) is 0 Å². The molecule has 0 aromatic rings. The summed E-state index contributed by atoms with van der Waals surface area (Å²) in [5.74, 6) is 0.886. The average molecular weight is 143 g/mol. The molecule has 2 heteroatoms. The topological polar surface area (TPSA) is 21.3 Å². The first-order chi connectivity index (χ1) is 4.93. The van der Waals surface area contributed by atoms with E-state index in [1.807, 2.05) is 7.05 Å². The summed E-state index contributed by atoms with van der Waals surface area (Å²) in [7, 11) is 2.01. The second-order valence-corrected chi connectivity index (χ2v) is 3.00. The van der Waals surface area contributed by atoms with Crippen molar-refractivity contribution < 1.29 is 4.74 Å². The zero-order valence-electron chi connectivity index (χ0n) is 6.73. The molecule has 0 bridgehead atoms. The monoisotopic (exact) mass is 143 g/mol. The highest BCUT2D eigenvalue weighted by Gasteiger charge is 2.16. The third-order valence-electron chi connectivity index (χ3n) is 2.00. The fraction of sp³-hybridized carbons (Fsp3) is 1.00. The predicted molar refractivity (Wildman–Crippen MR) is 42.1 cm³/mol. The van der Waals surface area contributed by atoms with E-state index in [-0.39, 0.29) is 0 Å². The zero-order valence-corrected chi connectivity index (χ0v) is 6.73. The van der Waals surface area contributed by atoms with Gasteiger partial charge in [0.2, 0.25) is 0 Å². The molecule has 1 aliphatic heterocycles. The Balaban J connectivity index is 1.76. The van der Waals surface area contributed by atoms with Gasteiger partial charge < -0.3 is 10.1 Å². The molecule has 0 unspecified atom stereocenters. The van der Waals surface area contributed by atoms with Crippen LogP contribution < -0.4 is 5.32 Å². The van der Waals surface area contributed by atoms with Gasteiger partial charge in [0.25, 0.3) is 0 Å². The normalized spacial score (nSPS) is 18.9. The molecule has 1 N–H and O–H groups in total. The minimum atomic E-state index is 0.886. The van der Waals surface area contributed by atoms with Crippen molar-refractivity contribution in [2.45, 2.75) is 19.3 Å². The number of hydrogen-bond donors (Lipinski definition) is 1. The molecular weight excluding hydrogens is 126 g/mol. The van der Waals surface area contributed by atoms with Crippen LogP contribution >= 0.6 is 0 Å². The lowest BCUT2D eigenvalue weighted by Crippen LogP contribution is -2.27. The highest BCUT2D eigenvalue weighted by Crippen LogP contribution is 2.16. The number of unbranched alkanes of at least 4 members (excludes halogenated alkanes) is 1. The van der Waals surface area contributed by atoms with Crippen LogP contribution in [0.2, 0.25) is 0 Å². The third kappa shape index (κ3) is 2.67. The molecule has 0 aliphatic carbocycles. The Morgan fingerprint density at radius 2 is 2.20 bits per heavy atom. The van der Waals surface area contributed by atoms with Crippen LogP contribution in [0, 0.1) is 5.92 Å². The van der Waals surface area contributed by atoms with Crippen LogP contribution in [0.1, 0.15) is 19.3 Å². The molecule has 0 saturated carbocycles. The lowest BCUT2D eigenvalue weighted by atomic mass is 10.0. The highest BCUT2D eigenvalue weighted by atomic mass is 16.5. The van der Waals surface area contributed by atoms with Crippen LogP contribution in [0.4, 0.5) is 0 Å². The van der Waals surface area contributed by atoms with Crippen molar-refractivity contribution in [3.63, 3.8) is 0 Å². The maximum atomic E-state index is 5.08. The molecule has 0 atom stereocenters. The standard InChI is InChI=1S/C8H17NO/c1-9-5-3-2-4-8-6-10-7-8/h8-9H,2-7H2,1H3. The molecule has 10 heavy (non-hydrogen) atoms. The highest BCUT2D eigenvalue weighted by molar-refractivity contribution is 4.64. The molecule has 1 fully saturated rings. The minimum Gasteiger partial charge on any atom is -0.381 e. The largest absolute Gasteiger partial charge is 0.381 e. The first kappa shape index (κ1) is 8.02. The van der Waals surface area contributed by atoms with Gasteiger partial charge in [-0.25, -0.2) is 0 Å². The van der Waals surface area contributed by atoms with Crippen LogP contribution in [0.15, 0.2) is 0 Å². The Labute approximate surface area is 63.0 Å². The summed E-state index contributed by atoms with van der Waals surface area (Å²) in [6.07, 6.45) is 4.03. The van der Waals surface area contributed by atoms with Crippen LogP contribution in [0.25, 0.3) is 0 Å². The van der Waals surface area contributed by atoms with Gasteiger partial charge in [0, 0.05) is 5.92 Å². The first-order valence-corrected chi connectivity index (χ1v) is 4.16. The quantitative estimate of drug-likeness (QED) is 0.580. The second-order valence-electron chi connectivity index (χ2n) is 3.00. The van der Waals surface area contributed by atoms with Crippen LogP contribution in [-0.4, -0.2) is 26.8 Å². The van der Waals surface area contributed by atoms with Gasteiger partial charge in [0.05, 0.1) is 13.2 Å². The smallest absolute Gasteiger partial charge is 0.0516 e. The summed E-state index contributed by atoms with van der Waals surface area (Å²) in [6.45, 7) is 3.19. The van der Waals surface area contributed by atoms with Crippen LogP contribution in [-0.2, 0) is 4.74 Å². The van der Waals surface area contributed by atoms with E-state index >= 15 is 0 Å². The summed E-state index contributed by atoms with van der Waals surface area (Å²) >= 11 is 0. The van der Waals surface area contributed by atoms with Gasteiger partial charge in [-0.1, -0.05) is 6.42 Å². The van der Waals surface area contributed by atoms with Gasteiger partial charge in [-0.3, -0.25) is 0 Å². The fourth-order valence-electron chi connectivity index (χ4n) is 1.19. The third-order valence-corrected chi connectivity index (χ3v) is 2.00. The molecule has 1 saturated heterocycles. The molecule has 1 rings (SSSR count). The van der Waals surface area contributed by atoms with Gasteiger partial charge in [-0.05, 0) is 26.4 Å². The van der Waals surface area contributed by atoms with E-state index in [9.17, 15) is 0 Å². The van der Waals surface area contributed by atoms with Crippen molar-refractivity contribution in [3.8, 4) is 0 Å². The molecular formula is C8H17NO. The van der Waals surface area contributed by atoms with Gasteiger partial charge in [-0.2, -0.15) is 0 Å². The lowest BCUT2D eigenvalue weighted by molar-refractivity contribution is -0.0363. The summed E-state index contributed by atoms with van der Waals surface area (Å²) in [5.41, 5.74) is 0. The Morgan fingerprint density at radius 3 is 2.70 bits per heavy atom. The van der Waals surface area contributed by atoms with Crippen molar-refractivity contribution in [2.24, 2.45) is 5.92 Å². The van der Waals surface area contributed by atoms with Crippen molar-refractivity contribution in [3.05, 3.63) is 0 Å². The van der Waals surface area contributed by atoms with E-state index in [4.69, 9.17) is 4.74 Å². The number of ether oxygens (including phenoxy) is 1. The molecule has 0 radical (unpaired) electrons. The van der Waals surface area contributed by atoms with Crippen molar-refractivity contribution in [1.82, 2.24) is 5.32 Å². The molecule has 0 spiro atoms. The van der Waals surface area contributed by atoms with E-state index in [0.717, 1.165) is 25.7 Å². The number of rotatable bonds is 5. The van der Waals surface area contributed by atoms with Crippen molar-refractivity contribution >= 4 is 0 Å². The predicted octanol–water partition coefficient (Wildman–Crippen LogP) is 1.02. The van der Waals surface area contributed by atoms with E-state index in [1.165, 1.54) is 19.3 Å². The minimum absolute atomic E-state index is 0.886. The van der Waals surface area contributed by atoms with E-state index in [0.29, 0.717) is 0 Å². The molecule has 0 aromatic carbocycles. The maximum absolute atomic E-state index is 5.08. The average Bonchev–Trinajstić information content (AvgIpc) is 1.84. The second kappa shape index (κ2) is 4.69. The van der Waals surface area contributed by atoms with E-state index in [2.05, 4.69) is 5.32 Å². The summed E-state index contributed by atoms with van der Waals surface area (Å²) in [6, 6.07) is 0. The first-order valence-electron chi connectivity index (χ1n) is 4.16. The Kier molecular flexibility index (Phi) is 3.76. The molecule has 1 aliphatic rings. The van der Waals surface area contributed by atoms with E-state index in [1.54, 1.807) is 0 Å². The Hall–Kier alpha value is -0.0800. The van der Waals surface area contributed by atoms with Crippen LogP contribution in [0.3, 0.4) is 0 Å². The molecule has 1 heterocycles. The SMILES string of the molecule is CNCCCCC1COC1. The lowest BCUT2D eigenvalue weighted by Gasteiger charge is -2.25. The maximum Gasteiger partial charge on any atom is 0.0516 e. The Morgan fingerprint density at radius 1 is 1.40 bits per heavy atom. The summed E-state index contributed by atoms with van der Waals surface area (Å²) in [5, 5.41) is 3.15. The van der Waals surface area contributed by atoms with E-state index < -0.39 is 0 Å². The number of nitrogens with one attached hydrogen (secondary N) is 1. The van der Waals surface area contributed by atoms with Gasteiger partial charge >= 0.3 is 0 Å². The molecule has 0 aromatic heterocycles. The van der Waals surface area contributed by atoms with Gasteiger partial charge in [0.1, 0.15) is 0 Å². The fourth-order valence-corrected chi connectivity index (χ4v) is 1.19. The summed E-state index contributed by atoms with van der Waals surface area (Å²) < 4.78 is 5.08. The van der Waals surface area contributed by atoms with Crippen molar-refractivity contribution in [2.75, 3.05) is 26.8 Å². The zero-order chi connectivity index (χ0) is 7.23. The number of hydrogen-bond acceptors (Lipinski definition) is 2. The van der Waals surface area contributed by atoms with Gasteiger partial charge in [-0.15, -0.1) is 0 Å². The molecule has 2 nitrogen and oxygen atoms in total. The molecule has 0 amide bonds. The Bertz CT molecular complexity index is 81.3. The molecule has 60 valence electrons. The van der Waals surface area contributed by atoms with Gasteiger partial charge in [0.15, 0.2) is 0 Å². The summed E-state index contributed by atoms with van der Waals surface area (Å²) in [4.78, 5) is 0.